The van der Waals surface area contributed by atoms with Gasteiger partial charge in [-0.2, -0.15) is 5.26 Å². The topological polar surface area (TPSA) is 62.1 Å². The van der Waals surface area contributed by atoms with Crippen LogP contribution in [0.15, 0.2) is 24.3 Å². The van der Waals surface area contributed by atoms with Crippen molar-refractivity contribution in [2.45, 2.75) is 51.7 Å². The highest BCUT2D eigenvalue weighted by atomic mass is 16.5. The molecule has 0 bridgehead atoms. The Morgan fingerprint density at radius 3 is 2.67 bits per heavy atom. The zero-order valence-corrected chi connectivity index (χ0v) is 12.6. The molecular weight excluding hydrogens is 264 g/mol. The second-order valence-electron chi connectivity index (χ2n) is 5.81. The Bertz CT molecular complexity index is 528. The first-order valence-corrected chi connectivity index (χ1v) is 7.55. The fraction of sp³-hybridized carbons (Fsp3) is 0.529. The molecule has 1 fully saturated rings. The van der Waals surface area contributed by atoms with E-state index in [0.29, 0.717) is 11.3 Å². The lowest BCUT2D eigenvalue weighted by atomic mass is 9.89. The van der Waals surface area contributed by atoms with Crippen molar-refractivity contribution < 1.29 is 9.53 Å². The Kier molecular flexibility index (Phi) is 5.35. The van der Waals surface area contributed by atoms with E-state index in [0.717, 1.165) is 31.6 Å². The van der Waals surface area contributed by atoms with Crippen LogP contribution in [0.3, 0.4) is 0 Å². The molecule has 0 heterocycles. The molecule has 1 aromatic carbocycles. The van der Waals surface area contributed by atoms with Crippen molar-refractivity contribution in [3.63, 3.8) is 0 Å². The summed E-state index contributed by atoms with van der Waals surface area (Å²) in [6.07, 6.45) is 4.04. The number of nitriles is 1. The van der Waals surface area contributed by atoms with Gasteiger partial charge in [-0.05, 0) is 50.7 Å². The highest BCUT2D eigenvalue weighted by Crippen LogP contribution is 2.26. The van der Waals surface area contributed by atoms with Gasteiger partial charge in [0.15, 0.2) is 0 Å². The molecule has 1 aliphatic rings. The third-order valence-electron chi connectivity index (χ3n) is 4.03. The molecule has 1 amide bonds. The van der Waals surface area contributed by atoms with E-state index in [2.05, 4.69) is 18.3 Å². The predicted molar refractivity (Wildman–Crippen MR) is 81.8 cm³/mol. The van der Waals surface area contributed by atoms with Crippen LogP contribution >= 0.6 is 0 Å². The summed E-state index contributed by atoms with van der Waals surface area (Å²) < 4.78 is 5.85. The van der Waals surface area contributed by atoms with Crippen LogP contribution in [0.25, 0.3) is 0 Å². The van der Waals surface area contributed by atoms with E-state index in [4.69, 9.17) is 10.00 Å². The van der Waals surface area contributed by atoms with Crippen molar-refractivity contribution in [1.29, 1.82) is 5.26 Å². The van der Waals surface area contributed by atoms with E-state index in [-0.39, 0.29) is 12.0 Å². The minimum absolute atomic E-state index is 0.174. The normalized spacial score (nSPS) is 23.1. The maximum Gasteiger partial charge on any atom is 0.253 e. The first-order chi connectivity index (χ1) is 10.1. The molecule has 1 aliphatic carbocycles. The number of para-hydroxylation sites is 1. The summed E-state index contributed by atoms with van der Waals surface area (Å²) in [6, 6.07) is 9.05. The number of nitrogens with one attached hydrogen (secondary N) is 1. The van der Waals surface area contributed by atoms with Gasteiger partial charge < -0.3 is 10.1 Å². The Morgan fingerprint density at radius 2 is 2.00 bits per heavy atom. The summed E-state index contributed by atoms with van der Waals surface area (Å²) in [6.45, 7) is 4.02. The minimum atomic E-state index is -0.504. The summed E-state index contributed by atoms with van der Waals surface area (Å²) in [5.74, 6) is 0.563. The van der Waals surface area contributed by atoms with Gasteiger partial charge in [0.05, 0.1) is 17.4 Å². The van der Waals surface area contributed by atoms with E-state index in [1.54, 1.807) is 31.2 Å². The zero-order valence-electron chi connectivity index (χ0n) is 12.6. The molecule has 0 aromatic heterocycles. The molecule has 4 nitrogen and oxygen atoms in total. The SMILES string of the molecule is CC1CCC(OC(C)C(=O)Nc2ccccc2C#N)CC1. The van der Waals surface area contributed by atoms with Gasteiger partial charge in [-0.25, -0.2) is 0 Å². The molecule has 0 spiro atoms. The molecule has 1 unspecified atom stereocenters. The average Bonchev–Trinajstić information content (AvgIpc) is 2.50. The molecule has 1 aromatic rings. The van der Waals surface area contributed by atoms with Crippen LogP contribution in [0.4, 0.5) is 5.69 Å². The third kappa shape index (κ3) is 4.30. The van der Waals surface area contributed by atoms with Crippen molar-refractivity contribution >= 4 is 11.6 Å². The molecule has 4 heteroatoms. The van der Waals surface area contributed by atoms with Crippen LogP contribution in [-0.4, -0.2) is 18.1 Å². The van der Waals surface area contributed by atoms with Crippen molar-refractivity contribution in [2.24, 2.45) is 5.92 Å². The lowest BCUT2D eigenvalue weighted by Crippen LogP contribution is -2.33. The van der Waals surface area contributed by atoms with Crippen molar-refractivity contribution in [2.75, 3.05) is 5.32 Å². The van der Waals surface area contributed by atoms with Crippen LogP contribution in [0.5, 0.6) is 0 Å². The molecule has 1 atom stereocenters. The zero-order chi connectivity index (χ0) is 15.2. The van der Waals surface area contributed by atoms with E-state index in [1.165, 1.54) is 0 Å². The van der Waals surface area contributed by atoms with Crippen LogP contribution in [-0.2, 0) is 9.53 Å². The van der Waals surface area contributed by atoms with Crippen LogP contribution in [0.1, 0.15) is 45.1 Å². The van der Waals surface area contributed by atoms with Gasteiger partial charge in [-0.15, -0.1) is 0 Å². The van der Waals surface area contributed by atoms with Gasteiger partial charge in [-0.3, -0.25) is 4.79 Å². The maximum atomic E-state index is 12.2. The number of anilines is 1. The van der Waals surface area contributed by atoms with E-state index in [1.807, 2.05) is 0 Å². The standard InChI is InChI=1S/C17H22N2O2/c1-12-7-9-15(10-8-12)21-13(2)17(20)19-16-6-4-3-5-14(16)11-18/h3-6,12-13,15H,7-10H2,1-2H3,(H,19,20). The average molecular weight is 286 g/mol. The second-order valence-corrected chi connectivity index (χ2v) is 5.81. The van der Waals surface area contributed by atoms with Gasteiger partial charge in [-0.1, -0.05) is 19.1 Å². The summed E-state index contributed by atoms with van der Waals surface area (Å²) in [5, 5.41) is 11.8. The summed E-state index contributed by atoms with van der Waals surface area (Å²) in [4.78, 5) is 12.2. The maximum absolute atomic E-state index is 12.2. The van der Waals surface area contributed by atoms with Crippen molar-refractivity contribution in [1.82, 2.24) is 0 Å². The molecule has 0 radical (unpaired) electrons. The number of benzene rings is 1. The Hall–Kier alpha value is -1.86. The number of carbonyl (C=O) groups is 1. The summed E-state index contributed by atoms with van der Waals surface area (Å²) in [7, 11) is 0. The van der Waals surface area contributed by atoms with Crippen LogP contribution in [0.2, 0.25) is 0 Å². The number of amides is 1. The van der Waals surface area contributed by atoms with Crippen molar-refractivity contribution in [3.05, 3.63) is 29.8 Å². The molecule has 0 saturated heterocycles. The van der Waals surface area contributed by atoms with Gasteiger partial charge in [0.1, 0.15) is 12.2 Å². The summed E-state index contributed by atoms with van der Waals surface area (Å²) in [5.41, 5.74) is 1.00. The predicted octanol–water partition coefficient (Wildman–Crippen LogP) is 3.48. The largest absolute Gasteiger partial charge is 0.365 e. The minimum Gasteiger partial charge on any atom is -0.365 e. The molecule has 112 valence electrons. The first kappa shape index (κ1) is 15.5. The number of ether oxygens (including phenoxy) is 1. The lowest BCUT2D eigenvalue weighted by molar-refractivity contribution is -0.131. The van der Waals surface area contributed by atoms with E-state index in [9.17, 15) is 4.79 Å². The lowest BCUT2D eigenvalue weighted by Gasteiger charge is -2.28. The summed E-state index contributed by atoms with van der Waals surface area (Å²) >= 11 is 0. The molecule has 1 saturated carbocycles. The van der Waals surface area contributed by atoms with Gasteiger partial charge in [0.25, 0.3) is 5.91 Å². The van der Waals surface area contributed by atoms with E-state index >= 15 is 0 Å². The number of rotatable bonds is 4. The first-order valence-electron chi connectivity index (χ1n) is 7.55. The highest BCUT2D eigenvalue weighted by molar-refractivity contribution is 5.95. The second kappa shape index (κ2) is 7.24. The number of nitrogens with zero attached hydrogens (tertiary/aromatic N) is 1. The van der Waals surface area contributed by atoms with Gasteiger partial charge in [0.2, 0.25) is 0 Å². The Labute approximate surface area is 126 Å². The molecular formula is C17H22N2O2. The van der Waals surface area contributed by atoms with E-state index < -0.39 is 6.10 Å². The fourth-order valence-electron chi connectivity index (χ4n) is 2.64. The third-order valence-corrected chi connectivity index (χ3v) is 4.03. The molecule has 21 heavy (non-hydrogen) atoms. The van der Waals surface area contributed by atoms with Gasteiger partial charge >= 0.3 is 0 Å². The Balaban J connectivity index is 1.89. The van der Waals surface area contributed by atoms with Crippen molar-refractivity contribution in [3.8, 4) is 6.07 Å². The van der Waals surface area contributed by atoms with Crippen LogP contribution in [0, 0.1) is 17.2 Å². The fourth-order valence-corrected chi connectivity index (χ4v) is 2.64. The molecule has 0 aliphatic heterocycles. The van der Waals surface area contributed by atoms with Gasteiger partial charge in [0, 0.05) is 0 Å². The Morgan fingerprint density at radius 1 is 1.33 bits per heavy atom. The number of carbonyl (C=O) groups excluding carboxylic acids is 1. The quantitative estimate of drug-likeness (QED) is 0.921. The molecule has 1 N–H and O–H groups in total. The number of hydrogen-bond acceptors (Lipinski definition) is 3. The molecule has 2 rings (SSSR count). The smallest absolute Gasteiger partial charge is 0.253 e. The monoisotopic (exact) mass is 286 g/mol. The number of hydrogen-bond donors (Lipinski definition) is 1. The highest BCUT2D eigenvalue weighted by Gasteiger charge is 2.23. The van der Waals surface area contributed by atoms with Crippen LogP contribution < -0.4 is 5.32 Å².